The van der Waals surface area contributed by atoms with Crippen LogP contribution in [0.1, 0.15) is 59.7 Å². The quantitative estimate of drug-likeness (QED) is 0.368. The van der Waals surface area contributed by atoms with Crippen LogP contribution in [0.25, 0.3) is 0 Å². The maximum Gasteiger partial charge on any atom is 0.339 e. The summed E-state index contributed by atoms with van der Waals surface area (Å²) in [5.74, 6) is 1.23. The first-order valence-corrected chi connectivity index (χ1v) is 8.25. The van der Waals surface area contributed by atoms with Gasteiger partial charge in [0.1, 0.15) is 6.61 Å². The summed E-state index contributed by atoms with van der Waals surface area (Å²) in [6, 6.07) is 6.47. The van der Waals surface area contributed by atoms with Crippen LogP contribution in [-0.2, 0) is 9.47 Å². The van der Waals surface area contributed by atoms with Crippen LogP contribution in [0.3, 0.4) is 0 Å². The highest BCUT2D eigenvalue weighted by molar-refractivity contribution is 6.03. The van der Waals surface area contributed by atoms with Crippen molar-refractivity contribution in [1.82, 2.24) is 0 Å². The molecular weight excluding hydrogens is 304 g/mol. The van der Waals surface area contributed by atoms with Crippen molar-refractivity contribution in [2.45, 2.75) is 39.0 Å². The Morgan fingerprint density at radius 1 is 1.04 bits per heavy atom. The first-order valence-electron chi connectivity index (χ1n) is 8.25. The Hall–Kier alpha value is -2.54. The molecule has 0 saturated heterocycles. The number of terminal acetylenes is 1. The van der Waals surface area contributed by atoms with Crippen molar-refractivity contribution >= 4 is 11.9 Å². The lowest BCUT2D eigenvalue weighted by molar-refractivity contribution is 0.0470. The third-order valence-electron chi connectivity index (χ3n) is 3.37. The van der Waals surface area contributed by atoms with E-state index in [0.29, 0.717) is 6.61 Å². The summed E-state index contributed by atoms with van der Waals surface area (Å²) in [4.78, 5) is 24.2. The highest BCUT2D eigenvalue weighted by Crippen LogP contribution is 2.13. The Bertz CT molecular complexity index is 596. The van der Waals surface area contributed by atoms with Gasteiger partial charge < -0.3 is 9.47 Å². The van der Waals surface area contributed by atoms with Gasteiger partial charge in [0.05, 0.1) is 17.7 Å². The summed E-state index contributed by atoms with van der Waals surface area (Å²) in [6.07, 6.45) is 13.4. The minimum atomic E-state index is -0.577. The fraction of sp³-hybridized carbons (Fsp3) is 0.400. The molecule has 1 aromatic carbocycles. The number of esters is 2. The molecule has 0 unspecified atom stereocenters. The van der Waals surface area contributed by atoms with E-state index in [1.54, 1.807) is 30.3 Å². The zero-order chi connectivity index (χ0) is 17.6. The fourth-order valence-corrected chi connectivity index (χ4v) is 2.11. The van der Waals surface area contributed by atoms with E-state index in [4.69, 9.17) is 15.9 Å². The first-order chi connectivity index (χ1) is 11.7. The smallest absolute Gasteiger partial charge is 0.339 e. The van der Waals surface area contributed by atoms with E-state index in [1.807, 2.05) is 0 Å². The number of unbranched alkanes of at least 4 members (excludes halogenated alkanes) is 4. The number of hydrogen-bond donors (Lipinski definition) is 0. The molecule has 0 spiro atoms. The topological polar surface area (TPSA) is 52.6 Å². The van der Waals surface area contributed by atoms with Gasteiger partial charge in [-0.25, -0.2) is 9.59 Å². The minimum absolute atomic E-state index is 0.0594. The van der Waals surface area contributed by atoms with Gasteiger partial charge in [-0.3, -0.25) is 0 Å². The Kier molecular flexibility index (Phi) is 9.72. The van der Waals surface area contributed by atoms with Crippen LogP contribution in [0.15, 0.2) is 36.4 Å². The second-order valence-electron chi connectivity index (χ2n) is 5.26. The van der Waals surface area contributed by atoms with Gasteiger partial charge in [0.25, 0.3) is 0 Å². The van der Waals surface area contributed by atoms with Crippen LogP contribution in [0.2, 0.25) is 0 Å². The number of benzene rings is 1. The average molecular weight is 328 g/mol. The lowest BCUT2D eigenvalue weighted by Gasteiger charge is -2.09. The molecule has 0 aromatic heterocycles. The molecule has 4 heteroatoms. The van der Waals surface area contributed by atoms with Crippen molar-refractivity contribution in [1.29, 1.82) is 0 Å². The van der Waals surface area contributed by atoms with E-state index in [0.717, 1.165) is 19.3 Å². The first kappa shape index (κ1) is 19.5. The van der Waals surface area contributed by atoms with E-state index >= 15 is 0 Å². The third kappa shape index (κ3) is 7.15. The van der Waals surface area contributed by atoms with Crippen molar-refractivity contribution < 1.29 is 19.1 Å². The van der Waals surface area contributed by atoms with Crippen LogP contribution in [-0.4, -0.2) is 25.2 Å². The van der Waals surface area contributed by atoms with Gasteiger partial charge in [0, 0.05) is 0 Å². The summed E-state index contributed by atoms with van der Waals surface area (Å²) >= 11 is 0. The Morgan fingerprint density at radius 2 is 1.67 bits per heavy atom. The van der Waals surface area contributed by atoms with Crippen LogP contribution in [0.4, 0.5) is 0 Å². The fourth-order valence-electron chi connectivity index (χ4n) is 2.11. The van der Waals surface area contributed by atoms with Crippen LogP contribution >= 0.6 is 0 Å². The molecule has 128 valence electrons. The molecule has 0 atom stereocenters. The van der Waals surface area contributed by atoms with Crippen LogP contribution < -0.4 is 0 Å². The van der Waals surface area contributed by atoms with Gasteiger partial charge >= 0.3 is 11.9 Å². The molecule has 0 heterocycles. The number of carbonyl (C=O) groups is 2. The number of carbonyl (C=O) groups excluding carboxylic acids is 2. The van der Waals surface area contributed by atoms with Gasteiger partial charge in [-0.05, 0) is 30.7 Å². The zero-order valence-electron chi connectivity index (χ0n) is 14.1. The monoisotopic (exact) mass is 328 g/mol. The third-order valence-corrected chi connectivity index (χ3v) is 3.37. The van der Waals surface area contributed by atoms with E-state index in [1.165, 1.54) is 18.9 Å². The van der Waals surface area contributed by atoms with Gasteiger partial charge in [-0.15, -0.1) is 6.42 Å². The van der Waals surface area contributed by atoms with Crippen molar-refractivity contribution in [2.24, 2.45) is 0 Å². The molecule has 0 saturated carbocycles. The van der Waals surface area contributed by atoms with Crippen molar-refractivity contribution in [3.63, 3.8) is 0 Å². The van der Waals surface area contributed by atoms with E-state index in [9.17, 15) is 9.59 Å². The predicted molar refractivity (Wildman–Crippen MR) is 93.7 cm³/mol. The summed E-state index contributed by atoms with van der Waals surface area (Å²) in [5.41, 5.74) is 0.416. The summed E-state index contributed by atoms with van der Waals surface area (Å²) in [5, 5.41) is 0. The molecular formula is C20H24O4. The number of rotatable bonds is 10. The lowest BCUT2D eigenvalue weighted by Crippen LogP contribution is -2.14. The second kappa shape index (κ2) is 12.0. The van der Waals surface area contributed by atoms with Crippen LogP contribution in [0, 0.1) is 12.3 Å². The van der Waals surface area contributed by atoms with Gasteiger partial charge in [-0.1, -0.05) is 50.7 Å². The SMILES string of the molecule is C#C/C=C/COC(=O)c1ccccc1C(=O)OCCCCCCC. The molecule has 1 aromatic rings. The Balaban J connectivity index is 2.55. The maximum atomic E-state index is 12.2. The zero-order valence-corrected chi connectivity index (χ0v) is 14.1. The van der Waals surface area contributed by atoms with Gasteiger partial charge in [-0.2, -0.15) is 0 Å². The van der Waals surface area contributed by atoms with E-state index in [-0.39, 0.29) is 17.7 Å². The summed E-state index contributed by atoms with van der Waals surface area (Å²) in [7, 11) is 0. The van der Waals surface area contributed by atoms with Crippen molar-refractivity contribution in [2.75, 3.05) is 13.2 Å². The van der Waals surface area contributed by atoms with Crippen molar-refractivity contribution in [3.8, 4) is 12.3 Å². The standard InChI is InChI=1S/C20H24O4/c1-3-5-7-8-12-16-24-20(22)18-14-10-9-13-17(18)19(21)23-15-11-6-4-2/h2,6,9-11,13-14H,3,5,7-8,12,15-16H2,1H3/b11-6+. The summed E-state index contributed by atoms with van der Waals surface area (Å²) in [6.45, 7) is 2.57. The highest BCUT2D eigenvalue weighted by atomic mass is 16.5. The largest absolute Gasteiger partial charge is 0.462 e. The van der Waals surface area contributed by atoms with Crippen LogP contribution in [0.5, 0.6) is 0 Å². The number of ether oxygens (including phenoxy) is 2. The molecule has 0 fully saturated rings. The normalized spacial score (nSPS) is 10.3. The lowest BCUT2D eigenvalue weighted by atomic mass is 10.1. The molecule has 0 amide bonds. The van der Waals surface area contributed by atoms with Gasteiger partial charge in [0.15, 0.2) is 0 Å². The van der Waals surface area contributed by atoms with E-state index in [2.05, 4.69) is 12.8 Å². The number of hydrogen-bond acceptors (Lipinski definition) is 4. The van der Waals surface area contributed by atoms with Crippen molar-refractivity contribution in [3.05, 3.63) is 47.5 Å². The Morgan fingerprint density at radius 3 is 2.29 bits per heavy atom. The molecule has 0 N–H and O–H groups in total. The summed E-state index contributed by atoms with van der Waals surface area (Å²) < 4.78 is 10.3. The molecule has 0 bridgehead atoms. The predicted octanol–water partition coefficient (Wildman–Crippen LogP) is 4.16. The average Bonchev–Trinajstić information content (AvgIpc) is 2.61. The highest BCUT2D eigenvalue weighted by Gasteiger charge is 2.18. The van der Waals surface area contributed by atoms with Gasteiger partial charge in [0.2, 0.25) is 0 Å². The molecule has 24 heavy (non-hydrogen) atoms. The molecule has 0 aliphatic rings. The Labute approximate surface area is 143 Å². The molecule has 4 nitrogen and oxygen atoms in total. The molecule has 0 aliphatic carbocycles. The second-order valence-corrected chi connectivity index (χ2v) is 5.26. The minimum Gasteiger partial charge on any atom is -0.462 e. The molecule has 0 radical (unpaired) electrons. The maximum absolute atomic E-state index is 12.2. The van der Waals surface area contributed by atoms with E-state index < -0.39 is 11.9 Å². The number of allylic oxidation sites excluding steroid dienone is 1. The molecule has 1 rings (SSSR count). The molecule has 0 aliphatic heterocycles.